The topological polar surface area (TPSA) is 50.3 Å². The Hall–Kier alpha value is -1.36. The van der Waals surface area contributed by atoms with Gasteiger partial charge in [-0.3, -0.25) is 4.98 Å². The summed E-state index contributed by atoms with van der Waals surface area (Å²) in [5, 5.41) is 3.68. The molecule has 3 rings (SSSR count). The van der Waals surface area contributed by atoms with Gasteiger partial charge < -0.3 is 15.0 Å². The van der Waals surface area contributed by atoms with Gasteiger partial charge in [-0.2, -0.15) is 4.98 Å². The molecule has 0 aromatic carbocycles. The van der Waals surface area contributed by atoms with Gasteiger partial charge in [-0.1, -0.05) is 0 Å². The van der Waals surface area contributed by atoms with Crippen molar-refractivity contribution in [2.45, 2.75) is 63.8 Å². The van der Waals surface area contributed by atoms with Crippen LogP contribution >= 0.6 is 0 Å². The van der Waals surface area contributed by atoms with Crippen molar-refractivity contribution >= 4 is 5.82 Å². The van der Waals surface area contributed by atoms with Crippen LogP contribution in [0.25, 0.3) is 0 Å². The van der Waals surface area contributed by atoms with E-state index in [2.05, 4.69) is 27.2 Å². The molecule has 2 bridgehead atoms. The first kappa shape index (κ1) is 13.6. The van der Waals surface area contributed by atoms with Crippen LogP contribution in [0.4, 0.5) is 5.82 Å². The summed E-state index contributed by atoms with van der Waals surface area (Å²) < 4.78 is 5.63. The van der Waals surface area contributed by atoms with E-state index < -0.39 is 0 Å². The normalized spacial score (nSPS) is 28.7. The zero-order chi connectivity index (χ0) is 14.1. The van der Waals surface area contributed by atoms with Gasteiger partial charge in [-0.25, -0.2) is 0 Å². The third-order valence-electron chi connectivity index (χ3n) is 4.31. The predicted octanol–water partition coefficient (Wildman–Crippen LogP) is 1.98. The maximum absolute atomic E-state index is 5.63. The average molecular weight is 276 g/mol. The molecule has 0 amide bonds. The maximum Gasteiger partial charge on any atom is 0.234 e. The van der Waals surface area contributed by atoms with E-state index >= 15 is 0 Å². The Kier molecular flexibility index (Phi) is 3.78. The number of aromatic nitrogens is 2. The van der Waals surface area contributed by atoms with Gasteiger partial charge in [0.05, 0.1) is 18.5 Å². The van der Waals surface area contributed by atoms with Crippen LogP contribution in [-0.2, 0) is 0 Å². The lowest BCUT2D eigenvalue weighted by atomic mass is 9.99. The summed E-state index contributed by atoms with van der Waals surface area (Å²) in [6.07, 6.45) is 8.67. The smallest absolute Gasteiger partial charge is 0.234 e. The van der Waals surface area contributed by atoms with Crippen LogP contribution in [0, 0.1) is 0 Å². The van der Waals surface area contributed by atoms with Crippen molar-refractivity contribution in [3.63, 3.8) is 0 Å². The summed E-state index contributed by atoms with van der Waals surface area (Å²) in [4.78, 5) is 11.1. The Balaban J connectivity index is 1.71. The van der Waals surface area contributed by atoms with E-state index in [9.17, 15) is 0 Å². The van der Waals surface area contributed by atoms with Crippen molar-refractivity contribution in [1.29, 1.82) is 0 Å². The highest BCUT2D eigenvalue weighted by Crippen LogP contribution is 2.31. The molecule has 2 saturated heterocycles. The van der Waals surface area contributed by atoms with Gasteiger partial charge in [-0.05, 0) is 39.5 Å². The quantitative estimate of drug-likeness (QED) is 0.911. The highest BCUT2D eigenvalue weighted by atomic mass is 16.5. The van der Waals surface area contributed by atoms with Crippen LogP contribution in [0.2, 0.25) is 0 Å². The minimum atomic E-state index is 0.125. The van der Waals surface area contributed by atoms with Crippen LogP contribution in [0.3, 0.4) is 0 Å². The number of nitrogens with one attached hydrogen (secondary N) is 1. The van der Waals surface area contributed by atoms with Gasteiger partial charge >= 0.3 is 0 Å². The third kappa shape index (κ3) is 2.87. The van der Waals surface area contributed by atoms with Crippen LogP contribution < -0.4 is 15.0 Å². The largest absolute Gasteiger partial charge is 0.474 e. The Morgan fingerprint density at radius 2 is 1.95 bits per heavy atom. The lowest BCUT2D eigenvalue weighted by molar-refractivity contribution is 0.231. The molecule has 0 aliphatic carbocycles. The number of rotatable bonds is 4. The molecule has 1 aromatic rings. The number of hydrogen-bond acceptors (Lipinski definition) is 5. The second-order valence-electron chi connectivity index (χ2n) is 6.26. The predicted molar refractivity (Wildman–Crippen MR) is 79.2 cm³/mol. The van der Waals surface area contributed by atoms with Crippen molar-refractivity contribution in [2.75, 3.05) is 11.9 Å². The van der Waals surface area contributed by atoms with Crippen molar-refractivity contribution in [1.82, 2.24) is 15.3 Å². The molecule has 2 atom stereocenters. The Morgan fingerprint density at radius 1 is 1.25 bits per heavy atom. The fourth-order valence-electron chi connectivity index (χ4n) is 3.34. The highest BCUT2D eigenvalue weighted by molar-refractivity contribution is 5.38. The fourth-order valence-corrected chi connectivity index (χ4v) is 3.34. The molecular weight excluding hydrogens is 252 g/mol. The van der Waals surface area contributed by atoms with Gasteiger partial charge in [0.15, 0.2) is 5.82 Å². The van der Waals surface area contributed by atoms with Gasteiger partial charge in [0.1, 0.15) is 0 Å². The minimum Gasteiger partial charge on any atom is -0.474 e. The Morgan fingerprint density at radius 3 is 2.60 bits per heavy atom. The van der Waals surface area contributed by atoms with Crippen molar-refractivity contribution in [3.8, 4) is 5.88 Å². The van der Waals surface area contributed by atoms with E-state index in [1.54, 1.807) is 6.20 Å². The molecule has 1 aromatic heterocycles. The number of fused-ring (bicyclic) bond motifs is 2. The average Bonchev–Trinajstić information content (AvgIpc) is 2.76. The minimum absolute atomic E-state index is 0.125. The van der Waals surface area contributed by atoms with Crippen molar-refractivity contribution in [3.05, 3.63) is 12.4 Å². The number of piperidine rings is 1. The standard InChI is InChI=1S/C15H24N4O/c1-10(2)20-15-9-16-8-14(18-15)19(3)13-6-11-4-5-12(7-13)17-11/h8-13,17H,4-7H2,1-3H3. The van der Waals surface area contributed by atoms with E-state index in [0.717, 1.165) is 5.82 Å². The molecule has 5 nitrogen and oxygen atoms in total. The number of ether oxygens (including phenoxy) is 1. The summed E-state index contributed by atoms with van der Waals surface area (Å²) in [6.45, 7) is 4.01. The van der Waals surface area contributed by atoms with E-state index in [1.165, 1.54) is 25.7 Å². The monoisotopic (exact) mass is 276 g/mol. The lowest BCUT2D eigenvalue weighted by Gasteiger charge is -2.36. The molecule has 0 radical (unpaired) electrons. The van der Waals surface area contributed by atoms with Gasteiger partial charge in [0, 0.05) is 25.2 Å². The first-order valence-corrected chi connectivity index (χ1v) is 7.59. The second-order valence-corrected chi connectivity index (χ2v) is 6.26. The molecule has 1 N–H and O–H groups in total. The molecule has 20 heavy (non-hydrogen) atoms. The summed E-state index contributed by atoms with van der Waals surface area (Å²) in [5.74, 6) is 1.52. The lowest BCUT2D eigenvalue weighted by Crippen LogP contribution is -2.47. The van der Waals surface area contributed by atoms with E-state index in [0.29, 0.717) is 24.0 Å². The number of anilines is 1. The van der Waals surface area contributed by atoms with Crippen LogP contribution in [0.5, 0.6) is 5.88 Å². The van der Waals surface area contributed by atoms with Crippen LogP contribution in [0.1, 0.15) is 39.5 Å². The molecule has 2 aliphatic rings. The third-order valence-corrected chi connectivity index (χ3v) is 4.31. The molecular formula is C15H24N4O. The SMILES string of the molecule is CC(C)Oc1cncc(N(C)C2CC3CCC(C2)N3)n1. The number of nitrogens with zero attached hydrogens (tertiary/aromatic N) is 3. The van der Waals surface area contributed by atoms with Gasteiger partial charge in [0.25, 0.3) is 0 Å². The molecule has 0 spiro atoms. The van der Waals surface area contributed by atoms with Crippen molar-refractivity contribution < 1.29 is 4.74 Å². The van der Waals surface area contributed by atoms with Gasteiger partial charge in [0.2, 0.25) is 5.88 Å². The van der Waals surface area contributed by atoms with Crippen molar-refractivity contribution in [2.24, 2.45) is 0 Å². The van der Waals surface area contributed by atoms with E-state index in [4.69, 9.17) is 4.74 Å². The molecule has 0 saturated carbocycles. The zero-order valence-electron chi connectivity index (χ0n) is 12.5. The number of hydrogen-bond donors (Lipinski definition) is 1. The summed E-state index contributed by atoms with van der Waals surface area (Å²) in [6, 6.07) is 1.92. The summed E-state index contributed by atoms with van der Waals surface area (Å²) in [7, 11) is 2.12. The fraction of sp³-hybridized carbons (Fsp3) is 0.733. The molecule has 110 valence electrons. The Bertz CT molecular complexity index is 453. The van der Waals surface area contributed by atoms with E-state index in [-0.39, 0.29) is 6.10 Å². The molecule has 5 heteroatoms. The summed E-state index contributed by atoms with van der Waals surface area (Å²) >= 11 is 0. The molecule has 2 aliphatic heterocycles. The Labute approximate surface area is 120 Å². The zero-order valence-corrected chi connectivity index (χ0v) is 12.5. The van der Waals surface area contributed by atoms with Crippen LogP contribution in [-0.4, -0.2) is 41.2 Å². The molecule has 2 unspecified atom stereocenters. The first-order chi connectivity index (χ1) is 9.61. The second kappa shape index (κ2) is 5.56. The highest BCUT2D eigenvalue weighted by Gasteiger charge is 2.35. The van der Waals surface area contributed by atoms with Crippen LogP contribution in [0.15, 0.2) is 12.4 Å². The maximum atomic E-state index is 5.63. The van der Waals surface area contributed by atoms with E-state index in [1.807, 2.05) is 20.0 Å². The molecule has 3 heterocycles. The van der Waals surface area contributed by atoms with Gasteiger partial charge in [-0.15, -0.1) is 0 Å². The molecule has 2 fully saturated rings. The summed E-state index contributed by atoms with van der Waals surface area (Å²) in [5.41, 5.74) is 0. The first-order valence-electron chi connectivity index (χ1n) is 7.59.